The Bertz CT molecular complexity index is 576. The molecule has 0 spiro atoms. The van der Waals surface area contributed by atoms with Crippen molar-refractivity contribution in [3.05, 3.63) is 16.5 Å². The summed E-state index contributed by atoms with van der Waals surface area (Å²) in [4.78, 5) is 10.5. The minimum atomic E-state index is -3.74. The summed E-state index contributed by atoms with van der Waals surface area (Å²) in [6.07, 6.45) is 4.28. The second-order valence-electron chi connectivity index (χ2n) is 4.54. The van der Waals surface area contributed by atoms with E-state index in [9.17, 15) is 13.2 Å². The normalized spacial score (nSPS) is 15.6. The Kier molecular flexibility index (Phi) is 4.32. The Balaban J connectivity index is 1.99. The highest BCUT2D eigenvalue weighted by Gasteiger charge is 2.25. The maximum absolute atomic E-state index is 12.0. The third-order valence-corrected chi connectivity index (χ3v) is 5.25. The molecule has 106 valence electrons. The number of carboxylic acid groups (broad SMARTS) is 1. The number of carboxylic acids is 1. The Morgan fingerprint density at radius 1 is 1.53 bits per heavy atom. The lowest BCUT2D eigenvalue weighted by Crippen LogP contribution is -2.24. The summed E-state index contributed by atoms with van der Waals surface area (Å²) < 4.78 is 31.1. The molecule has 6 nitrogen and oxygen atoms in total. The van der Waals surface area contributed by atoms with Gasteiger partial charge in [0.25, 0.3) is 0 Å². The van der Waals surface area contributed by atoms with Crippen LogP contribution in [0.15, 0.2) is 20.0 Å². The molecule has 1 saturated carbocycles. The molecule has 2 N–H and O–H groups in total. The van der Waals surface area contributed by atoms with Gasteiger partial charge in [0, 0.05) is 12.6 Å². The number of sulfonamides is 1. The largest absolute Gasteiger partial charge is 0.475 e. The van der Waals surface area contributed by atoms with Crippen LogP contribution in [0, 0.1) is 5.92 Å². The van der Waals surface area contributed by atoms with E-state index < -0.39 is 21.8 Å². The SMILES string of the molecule is O=C(O)c1cc(S(=O)(=O)NCCCC2CC2)c(Br)o1. The van der Waals surface area contributed by atoms with Crippen molar-refractivity contribution < 1.29 is 22.7 Å². The maximum Gasteiger partial charge on any atom is 0.371 e. The zero-order valence-corrected chi connectivity index (χ0v) is 12.5. The molecule has 0 atom stereocenters. The summed E-state index contributed by atoms with van der Waals surface area (Å²) >= 11 is 2.91. The smallest absolute Gasteiger partial charge is 0.371 e. The predicted molar refractivity (Wildman–Crippen MR) is 70.5 cm³/mol. The standard InChI is InChI=1S/C11H14BrNO5S/c12-10-9(6-8(18-10)11(14)15)19(16,17)13-5-1-2-7-3-4-7/h6-7,13H,1-5H2,(H,14,15). The molecule has 1 aliphatic rings. The fraction of sp³-hybridized carbons (Fsp3) is 0.545. The second-order valence-corrected chi connectivity index (χ2v) is 6.99. The zero-order chi connectivity index (χ0) is 14.0. The first-order valence-electron chi connectivity index (χ1n) is 5.92. The summed E-state index contributed by atoms with van der Waals surface area (Å²) in [5.41, 5.74) is 0. The highest BCUT2D eigenvalue weighted by atomic mass is 79.9. The summed E-state index contributed by atoms with van der Waals surface area (Å²) in [5.74, 6) is -0.968. The van der Waals surface area contributed by atoms with Crippen molar-refractivity contribution >= 4 is 31.9 Å². The number of hydrogen-bond donors (Lipinski definition) is 2. The van der Waals surface area contributed by atoms with Gasteiger partial charge in [-0.15, -0.1) is 0 Å². The molecule has 2 rings (SSSR count). The topological polar surface area (TPSA) is 96.6 Å². The fourth-order valence-corrected chi connectivity index (χ4v) is 3.73. The van der Waals surface area contributed by atoms with Gasteiger partial charge in [-0.3, -0.25) is 0 Å². The van der Waals surface area contributed by atoms with Crippen molar-refractivity contribution in [2.45, 2.75) is 30.6 Å². The molecule has 0 amide bonds. The first-order chi connectivity index (χ1) is 8.90. The Hall–Kier alpha value is -0.860. The molecular formula is C11H14BrNO5S. The molecule has 1 aliphatic carbocycles. The summed E-state index contributed by atoms with van der Waals surface area (Å²) in [6, 6.07) is 0.996. The molecule has 1 heterocycles. The van der Waals surface area contributed by atoms with Gasteiger partial charge in [0.1, 0.15) is 4.90 Å². The van der Waals surface area contributed by atoms with E-state index in [1.807, 2.05) is 0 Å². The van der Waals surface area contributed by atoms with E-state index in [2.05, 4.69) is 20.7 Å². The average Bonchev–Trinajstić information content (AvgIpc) is 3.05. The van der Waals surface area contributed by atoms with Crippen molar-refractivity contribution in [3.8, 4) is 0 Å². The summed E-state index contributed by atoms with van der Waals surface area (Å²) in [7, 11) is -3.74. The van der Waals surface area contributed by atoms with Crippen molar-refractivity contribution in [3.63, 3.8) is 0 Å². The summed E-state index contributed by atoms with van der Waals surface area (Å²) in [6.45, 7) is 0.346. The number of nitrogens with one attached hydrogen (secondary N) is 1. The van der Waals surface area contributed by atoms with E-state index in [0.717, 1.165) is 24.8 Å². The molecule has 0 saturated heterocycles. The first-order valence-corrected chi connectivity index (χ1v) is 8.20. The zero-order valence-electron chi connectivity index (χ0n) is 10.1. The number of carbonyl (C=O) groups is 1. The van der Waals surface area contributed by atoms with Gasteiger partial charge in [0.05, 0.1) is 0 Å². The number of hydrogen-bond acceptors (Lipinski definition) is 4. The van der Waals surface area contributed by atoms with Crippen LogP contribution in [0.2, 0.25) is 0 Å². The van der Waals surface area contributed by atoms with E-state index in [-0.39, 0.29) is 9.56 Å². The van der Waals surface area contributed by atoms with Gasteiger partial charge >= 0.3 is 5.97 Å². The predicted octanol–water partition coefficient (Wildman–Crippen LogP) is 2.21. The molecule has 1 aromatic heterocycles. The number of furan rings is 1. The van der Waals surface area contributed by atoms with E-state index in [4.69, 9.17) is 9.52 Å². The molecule has 8 heteroatoms. The second kappa shape index (κ2) is 5.64. The molecule has 0 unspecified atom stereocenters. The van der Waals surface area contributed by atoms with Gasteiger partial charge in [0.2, 0.25) is 15.8 Å². The molecule has 1 aromatic rings. The van der Waals surface area contributed by atoms with E-state index in [0.29, 0.717) is 6.54 Å². The van der Waals surface area contributed by atoms with Gasteiger partial charge in [-0.2, -0.15) is 0 Å². The monoisotopic (exact) mass is 351 g/mol. The van der Waals surface area contributed by atoms with E-state index >= 15 is 0 Å². The van der Waals surface area contributed by atoms with Crippen LogP contribution in [-0.4, -0.2) is 26.0 Å². The van der Waals surface area contributed by atoms with E-state index in [1.54, 1.807) is 0 Å². The Labute approximate surface area is 119 Å². The lowest BCUT2D eigenvalue weighted by Gasteiger charge is -2.04. The van der Waals surface area contributed by atoms with Gasteiger partial charge in [0.15, 0.2) is 4.67 Å². The van der Waals surface area contributed by atoms with Crippen molar-refractivity contribution in [2.75, 3.05) is 6.54 Å². The molecular weight excluding hydrogens is 338 g/mol. The van der Waals surface area contributed by atoms with Crippen molar-refractivity contribution in [2.24, 2.45) is 5.92 Å². The maximum atomic E-state index is 12.0. The van der Waals surface area contributed by atoms with Crippen LogP contribution in [-0.2, 0) is 10.0 Å². The number of halogens is 1. The molecule has 0 radical (unpaired) electrons. The number of rotatable bonds is 7. The van der Waals surface area contributed by atoms with Gasteiger partial charge in [-0.25, -0.2) is 17.9 Å². The first kappa shape index (κ1) is 14.5. The highest BCUT2D eigenvalue weighted by molar-refractivity contribution is 9.10. The van der Waals surface area contributed by atoms with Crippen LogP contribution in [0.1, 0.15) is 36.2 Å². The highest BCUT2D eigenvalue weighted by Crippen LogP contribution is 2.33. The van der Waals surface area contributed by atoms with Crippen LogP contribution in [0.25, 0.3) is 0 Å². The average molecular weight is 352 g/mol. The lowest BCUT2D eigenvalue weighted by molar-refractivity contribution is 0.0661. The summed E-state index contributed by atoms with van der Waals surface area (Å²) in [5, 5.41) is 8.74. The number of aromatic carboxylic acids is 1. The molecule has 1 fully saturated rings. The van der Waals surface area contributed by atoms with Crippen LogP contribution in [0.5, 0.6) is 0 Å². The van der Waals surface area contributed by atoms with Crippen molar-refractivity contribution in [1.82, 2.24) is 4.72 Å². The molecule has 0 bridgehead atoms. The third kappa shape index (κ3) is 3.80. The minimum Gasteiger partial charge on any atom is -0.475 e. The third-order valence-electron chi connectivity index (χ3n) is 2.93. The molecule has 0 aliphatic heterocycles. The van der Waals surface area contributed by atoms with Crippen LogP contribution in [0.3, 0.4) is 0 Å². The van der Waals surface area contributed by atoms with Crippen LogP contribution >= 0.6 is 15.9 Å². The quantitative estimate of drug-likeness (QED) is 0.734. The Morgan fingerprint density at radius 3 is 2.74 bits per heavy atom. The Morgan fingerprint density at radius 2 is 2.21 bits per heavy atom. The fourth-order valence-electron chi connectivity index (χ4n) is 1.72. The van der Waals surface area contributed by atoms with Crippen molar-refractivity contribution in [1.29, 1.82) is 0 Å². The molecule has 19 heavy (non-hydrogen) atoms. The van der Waals surface area contributed by atoms with Crippen LogP contribution in [0.4, 0.5) is 0 Å². The molecule has 0 aromatic carbocycles. The van der Waals surface area contributed by atoms with Gasteiger partial charge < -0.3 is 9.52 Å². The van der Waals surface area contributed by atoms with Gasteiger partial charge in [-0.1, -0.05) is 12.8 Å². The lowest BCUT2D eigenvalue weighted by atomic mass is 10.2. The van der Waals surface area contributed by atoms with Gasteiger partial charge in [-0.05, 0) is 34.7 Å². The van der Waals surface area contributed by atoms with E-state index in [1.165, 1.54) is 12.8 Å². The minimum absolute atomic E-state index is 0.0976. The van der Waals surface area contributed by atoms with Crippen LogP contribution < -0.4 is 4.72 Å².